The monoisotopic (exact) mass is 1150 g/mol. The molecule has 11 aliphatic rings. The number of thioether (sulfide) groups is 12. The van der Waals surface area contributed by atoms with Crippen LogP contribution in [0.2, 0.25) is 0 Å². The Bertz CT molecular complexity index is 1020. The van der Waals surface area contributed by atoms with Gasteiger partial charge in [-0.3, -0.25) is 0 Å². The lowest BCUT2D eigenvalue weighted by molar-refractivity contribution is -0.326. The summed E-state index contributed by atoms with van der Waals surface area (Å²) in [4.78, 5) is 0. The van der Waals surface area contributed by atoms with Gasteiger partial charge in [0.25, 0.3) is 0 Å². The van der Waals surface area contributed by atoms with Gasteiger partial charge in [0.15, 0.2) is 37.7 Å². The average molecular weight is 1150 g/mol. The van der Waals surface area contributed by atoms with Crippen LogP contribution < -0.4 is 0 Å². The molecule has 0 amide bonds. The van der Waals surface area contributed by atoms with E-state index in [-0.39, 0.29) is 74.4 Å². The van der Waals surface area contributed by atoms with E-state index in [0.29, 0.717) is 39.6 Å². The zero-order valence-corrected chi connectivity index (χ0v) is 47.7. The van der Waals surface area contributed by atoms with Crippen LogP contribution in [-0.2, 0) is 56.8 Å². The van der Waals surface area contributed by atoms with Crippen molar-refractivity contribution in [3.8, 4) is 0 Å². The van der Waals surface area contributed by atoms with Crippen LogP contribution in [0.1, 0.15) is 0 Å². The van der Waals surface area contributed by atoms with Crippen molar-refractivity contribution in [1.29, 1.82) is 0 Å². The lowest BCUT2D eigenvalue weighted by atomic mass is 10.2. The molecule has 11 aliphatic heterocycles. The van der Waals surface area contributed by atoms with Crippen molar-refractivity contribution in [3.05, 3.63) is 0 Å². The Kier molecular flexibility index (Phi) is 31.2. The molecular weight excluding hydrogens is 1080 g/mol. The van der Waals surface area contributed by atoms with Gasteiger partial charge in [-0.15, -0.1) is 0 Å². The first-order valence-electron chi connectivity index (χ1n) is 23.3. The Hall–Kier alpha value is 3.72. The van der Waals surface area contributed by atoms with Crippen LogP contribution in [0.25, 0.3) is 0 Å². The molecular formula is C42H72O12S12. The number of ether oxygens (including phenoxy) is 12. The van der Waals surface area contributed by atoms with Crippen LogP contribution in [0.15, 0.2) is 0 Å². The van der Waals surface area contributed by atoms with E-state index in [2.05, 4.69) is 0 Å². The van der Waals surface area contributed by atoms with Gasteiger partial charge in [-0.2, -0.15) is 141 Å². The van der Waals surface area contributed by atoms with E-state index < -0.39 is 0 Å². The summed E-state index contributed by atoms with van der Waals surface area (Å²) in [7, 11) is 0. The van der Waals surface area contributed by atoms with Gasteiger partial charge in [-0.05, 0) is 0 Å². The summed E-state index contributed by atoms with van der Waals surface area (Å²) >= 11 is 23.7. The largest absolute Gasteiger partial charge is 0.349 e. The molecule has 0 aliphatic carbocycles. The normalized spacial score (nSPS) is 39.3. The first-order valence-corrected chi connectivity index (χ1v) is 37.2. The first-order chi connectivity index (χ1) is 32.7. The van der Waals surface area contributed by atoms with Crippen molar-refractivity contribution in [2.24, 2.45) is 0 Å². The highest BCUT2D eigenvalue weighted by atomic mass is 32.2. The van der Waals surface area contributed by atoms with Gasteiger partial charge >= 0.3 is 0 Å². The van der Waals surface area contributed by atoms with Crippen LogP contribution in [0, 0.1) is 0 Å². The third-order valence-electron chi connectivity index (χ3n) is 10.8. The molecule has 66 heavy (non-hydrogen) atoms. The van der Waals surface area contributed by atoms with E-state index in [9.17, 15) is 0 Å². The molecule has 0 N–H and O–H groups in total. The third-order valence-corrected chi connectivity index (χ3v) is 25.0. The predicted molar refractivity (Wildman–Crippen MR) is 296 cm³/mol. The quantitative estimate of drug-likeness (QED) is 0.243. The van der Waals surface area contributed by atoms with Gasteiger partial charge in [-0.25, -0.2) is 0 Å². The molecule has 384 valence electrons. The maximum absolute atomic E-state index is 6.22. The number of rotatable bonds is 0. The van der Waals surface area contributed by atoms with Gasteiger partial charge in [0.05, 0.1) is 39.6 Å². The molecule has 11 rings (SSSR count). The second kappa shape index (κ2) is 35.9. The zero-order valence-electron chi connectivity index (χ0n) is 37.9. The fraction of sp³-hybridized carbons (Fsp3) is 1.00. The molecule has 0 unspecified atom stereocenters. The summed E-state index contributed by atoms with van der Waals surface area (Å²) in [5, 5.41) is 0. The van der Waals surface area contributed by atoms with Crippen molar-refractivity contribution < 1.29 is 56.8 Å². The minimum absolute atomic E-state index is 0.0452. The second-order valence-electron chi connectivity index (χ2n) is 15.7. The average Bonchev–Trinajstić information content (AvgIpc) is 3.34. The van der Waals surface area contributed by atoms with Crippen molar-refractivity contribution >= 4 is 141 Å². The zero-order chi connectivity index (χ0) is 45.1. The number of hydrogen-bond donors (Lipinski definition) is 0. The van der Waals surface area contributed by atoms with E-state index in [4.69, 9.17) is 56.8 Å². The SMILES string of the molecule is C1CSCCSC[C@@H]2OC[C@@H]3O[C@H](CSCCSCCSCCSC[C@@H]4OC[C@@H]5O[C@H](CSCCSCCSCCSC[C@@H]6OC[C@@H]7O[C@H](CSCCS1)OC[C@@H]7O6)OC[C@@H]5O4)OC[C@@H]3O2. The highest BCUT2D eigenvalue weighted by Crippen LogP contribution is 2.30. The van der Waals surface area contributed by atoms with E-state index in [1.54, 1.807) is 0 Å². The maximum atomic E-state index is 6.22. The Morgan fingerprint density at radius 2 is 0.318 bits per heavy atom. The third kappa shape index (κ3) is 22.9. The summed E-state index contributed by atoms with van der Waals surface area (Å²) < 4.78 is 73.6. The number of fused-ring (bicyclic) bond motifs is 3. The molecule has 12 atom stereocenters. The molecule has 11 heterocycles. The summed E-state index contributed by atoms with van der Waals surface area (Å²) in [6, 6.07) is 0. The molecule has 24 heteroatoms. The van der Waals surface area contributed by atoms with Crippen LogP contribution >= 0.6 is 141 Å². The smallest absolute Gasteiger partial charge is 0.167 e. The van der Waals surface area contributed by atoms with Gasteiger partial charge in [0.2, 0.25) is 0 Å². The van der Waals surface area contributed by atoms with Crippen LogP contribution in [0.4, 0.5) is 0 Å². The molecule has 0 aromatic heterocycles. The minimum atomic E-state index is -0.187. The van der Waals surface area contributed by atoms with Crippen molar-refractivity contribution in [1.82, 2.24) is 0 Å². The molecule has 0 aromatic carbocycles. The van der Waals surface area contributed by atoms with E-state index >= 15 is 0 Å². The Labute approximate surface area is 446 Å². The van der Waals surface area contributed by atoms with Gasteiger partial charge in [0.1, 0.15) is 36.6 Å². The van der Waals surface area contributed by atoms with Crippen LogP contribution in [0.5, 0.6) is 0 Å². The van der Waals surface area contributed by atoms with Gasteiger partial charge in [0, 0.05) is 138 Å². The number of hydrogen-bond acceptors (Lipinski definition) is 24. The molecule has 0 spiro atoms. The molecule has 11 saturated heterocycles. The maximum Gasteiger partial charge on any atom is 0.167 e. The van der Waals surface area contributed by atoms with Crippen LogP contribution in [-0.4, -0.2) is 252 Å². The van der Waals surface area contributed by atoms with Crippen molar-refractivity contribution in [2.45, 2.75) is 74.4 Å². The van der Waals surface area contributed by atoms with Crippen molar-refractivity contribution in [2.75, 3.05) is 178 Å². The van der Waals surface area contributed by atoms with E-state index in [0.717, 1.165) is 104 Å². The summed E-state index contributed by atoms with van der Waals surface area (Å²) in [6.07, 6.45) is -1.39. The summed E-state index contributed by atoms with van der Waals surface area (Å²) in [6.45, 7) is 3.47. The summed E-state index contributed by atoms with van der Waals surface area (Å²) in [5.41, 5.74) is 0. The fourth-order valence-electron chi connectivity index (χ4n) is 7.30. The van der Waals surface area contributed by atoms with Crippen molar-refractivity contribution in [3.63, 3.8) is 0 Å². The molecule has 0 aromatic rings. The fourth-order valence-corrected chi connectivity index (χ4v) is 20.2. The predicted octanol–water partition coefficient (Wildman–Crippen LogP) is 7.25. The molecule has 12 bridgehead atoms. The minimum Gasteiger partial charge on any atom is -0.349 e. The standard InChI is InChI=1S/C42H72O12S12/c1-2-56-8-14-62-26-38-44-21-34-33(50-38)22-46-40(52-34)28-64-16-10-58-5-6-60-12-18-66-30-42-48-24-35-36(54-42)23-47-41(53-35)29-65-17-11-59-4-3-57-9-15-63-27-39-45-20-31-32(51-39)19-43-37(49-31)25-61-13-7-55-1/h31-42H,1-30H2/t31-,32-,33-,34-,35-,36-,37+,38+,39+,40+,41+,42+/m0/s1. The molecule has 0 saturated carbocycles. The Morgan fingerprint density at radius 3 is 0.470 bits per heavy atom. The first kappa shape index (κ1) is 57.4. The molecule has 12 nitrogen and oxygen atoms in total. The van der Waals surface area contributed by atoms with Crippen LogP contribution in [0.3, 0.4) is 0 Å². The van der Waals surface area contributed by atoms with Gasteiger partial charge < -0.3 is 56.8 Å². The highest BCUT2D eigenvalue weighted by molar-refractivity contribution is 8.06. The topological polar surface area (TPSA) is 111 Å². The Balaban J connectivity index is 0.728. The van der Waals surface area contributed by atoms with E-state index in [1.807, 2.05) is 141 Å². The lowest BCUT2D eigenvalue weighted by Gasteiger charge is -2.41. The molecule has 11 fully saturated rings. The van der Waals surface area contributed by atoms with Gasteiger partial charge in [-0.1, -0.05) is 0 Å². The van der Waals surface area contributed by atoms with E-state index in [1.165, 1.54) is 34.5 Å². The Morgan fingerprint density at radius 1 is 0.182 bits per heavy atom. The lowest BCUT2D eigenvalue weighted by Crippen LogP contribution is -2.54. The summed E-state index contributed by atoms with van der Waals surface area (Å²) in [5.74, 6) is 25.6. The second-order valence-corrected chi connectivity index (χ2v) is 30.0. The molecule has 0 radical (unpaired) electrons. The highest BCUT2D eigenvalue weighted by Gasteiger charge is 2.41.